The van der Waals surface area contributed by atoms with Crippen molar-refractivity contribution in [3.05, 3.63) is 41.9 Å². The molecule has 0 spiro atoms. The third-order valence-electron chi connectivity index (χ3n) is 3.87. The van der Waals surface area contributed by atoms with Gasteiger partial charge in [0.1, 0.15) is 5.82 Å². The molecule has 1 saturated heterocycles. The Balaban J connectivity index is 1.75. The average Bonchev–Trinajstić information content (AvgIpc) is 2.50. The Kier molecular flexibility index (Phi) is 4.10. The summed E-state index contributed by atoms with van der Waals surface area (Å²) in [6, 6.07) is 5.99. The van der Waals surface area contributed by atoms with E-state index in [0.717, 1.165) is 23.6 Å². The SMILES string of the molecule is Cc1ccc(Nc2nccc(C3CCCN(C)C3)n2)nc1. The van der Waals surface area contributed by atoms with Gasteiger partial charge in [0.05, 0.1) is 5.69 Å². The zero-order valence-electron chi connectivity index (χ0n) is 12.6. The molecule has 2 aromatic rings. The van der Waals surface area contributed by atoms with Crippen LogP contribution in [0, 0.1) is 6.92 Å². The molecular formula is C16H21N5. The smallest absolute Gasteiger partial charge is 0.228 e. The fourth-order valence-corrected chi connectivity index (χ4v) is 2.72. The summed E-state index contributed by atoms with van der Waals surface area (Å²) in [6.45, 7) is 4.27. The van der Waals surface area contributed by atoms with Crippen LogP contribution in [0.25, 0.3) is 0 Å². The Morgan fingerprint density at radius 2 is 2.14 bits per heavy atom. The molecule has 1 atom stereocenters. The number of hydrogen-bond acceptors (Lipinski definition) is 5. The summed E-state index contributed by atoms with van der Waals surface area (Å²) in [5.41, 5.74) is 2.26. The van der Waals surface area contributed by atoms with E-state index in [9.17, 15) is 0 Å². The minimum atomic E-state index is 0.498. The van der Waals surface area contributed by atoms with Gasteiger partial charge in [-0.3, -0.25) is 0 Å². The van der Waals surface area contributed by atoms with Crippen molar-refractivity contribution in [1.82, 2.24) is 19.9 Å². The molecule has 21 heavy (non-hydrogen) atoms. The summed E-state index contributed by atoms with van der Waals surface area (Å²) < 4.78 is 0. The summed E-state index contributed by atoms with van der Waals surface area (Å²) in [6.07, 6.45) is 6.09. The summed E-state index contributed by atoms with van der Waals surface area (Å²) in [7, 11) is 2.17. The van der Waals surface area contributed by atoms with Crippen molar-refractivity contribution in [1.29, 1.82) is 0 Å². The van der Waals surface area contributed by atoms with Gasteiger partial charge >= 0.3 is 0 Å². The summed E-state index contributed by atoms with van der Waals surface area (Å²) >= 11 is 0. The van der Waals surface area contributed by atoms with Gasteiger partial charge < -0.3 is 10.2 Å². The largest absolute Gasteiger partial charge is 0.309 e. The number of likely N-dealkylation sites (N-methyl/N-ethyl adjacent to an activating group) is 1. The monoisotopic (exact) mass is 283 g/mol. The van der Waals surface area contributed by atoms with Gasteiger partial charge in [-0.05, 0) is 51.1 Å². The van der Waals surface area contributed by atoms with Crippen molar-refractivity contribution in [3.63, 3.8) is 0 Å². The lowest BCUT2D eigenvalue weighted by atomic mass is 9.95. The molecule has 3 rings (SSSR count). The van der Waals surface area contributed by atoms with E-state index >= 15 is 0 Å². The second-order valence-electron chi connectivity index (χ2n) is 5.75. The third kappa shape index (κ3) is 3.55. The number of nitrogens with one attached hydrogen (secondary N) is 1. The fraction of sp³-hybridized carbons (Fsp3) is 0.438. The van der Waals surface area contributed by atoms with Crippen LogP contribution < -0.4 is 5.32 Å². The van der Waals surface area contributed by atoms with Crippen molar-refractivity contribution >= 4 is 11.8 Å². The molecule has 1 aliphatic heterocycles. The molecule has 0 aliphatic carbocycles. The van der Waals surface area contributed by atoms with Crippen molar-refractivity contribution in [2.45, 2.75) is 25.7 Å². The molecule has 0 radical (unpaired) electrons. The van der Waals surface area contributed by atoms with Gasteiger partial charge in [0.15, 0.2) is 0 Å². The highest BCUT2D eigenvalue weighted by molar-refractivity contribution is 5.47. The van der Waals surface area contributed by atoms with E-state index in [0.29, 0.717) is 11.9 Å². The number of aromatic nitrogens is 3. The highest BCUT2D eigenvalue weighted by Gasteiger charge is 2.20. The van der Waals surface area contributed by atoms with E-state index < -0.39 is 0 Å². The van der Waals surface area contributed by atoms with Crippen LogP contribution >= 0.6 is 0 Å². The van der Waals surface area contributed by atoms with Gasteiger partial charge in [-0.25, -0.2) is 15.0 Å². The highest BCUT2D eigenvalue weighted by atomic mass is 15.1. The quantitative estimate of drug-likeness (QED) is 0.938. The zero-order chi connectivity index (χ0) is 14.7. The number of hydrogen-bond donors (Lipinski definition) is 1. The Bertz CT molecular complexity index is 596. The Morgan fingerprint density at radius 3 is 2.90 bits per heavy atom. The number of piperidine rings is 1. The first-order valence-electron chi connectivity index (χ1n) is 7.42. The molecule has 5 heteroatoms. The van der Waals surface area contributed by atoms with E-state index in [4.69, 9.17) is 0 Å². The molecule has 0 amide bonds. The average molecular weight is 283 g/mol. The molecule has 5 nitrogen and oxygen atoms in total. The minimum Gasteiger partial charge on any atom is -0.309 e. The Labute approximate surface area is 125 Å². The fourth-order valence-electron chi connectivity index (χ4n) is 2.72. The number of aryl methyl sites for hydroxylation is 1. The second kappa shape index (κ2) is 6.18. The van der Waals surface area contributed by atoms with Gasteiger partial charge in [0, 0.05) is 24.9 Å². The van der Waals surface area contributed by atoms with E-state index in [-0.39, 0.29) is 0 Å². The Morgan fingerprint density at radius 1 is 1.24 bits per heavy atom. The maximum atomic E-state index is 4.66. The van der Waals surface area contributed by atoms with Crippen LogP contribution in [0.5, 0.6) is 0 Å². The van der Waals surface area contributed by atoms with Crippen LogP contribution in [-0.4, -0.2) is 40.0 Å². The molecule has 110 valence electrons. The normalized spacial score (nSPS) is 19.4. The van der Waals surface area contributed by atoms with E-state index in [1.165, 1.54) is 19.4 Å². The summed E-state index contributed by atoms with van der Waals surface area (Å²) in [4.78, 5) is 15.6. The van der Waals surface area contributed by atoms with Crippen LogP contribution in [-0.2, 0) is 0 Å². The topological polar surface area (TPSA) is 53.9 Å². The second-order valence-corrected chi connectivity index (χ2v) is 5.75. The van der Waals surface area contributed by atoms with Gasteiger partial charge in [0.2, 0.25) is 5.95 Å². The number of likely N-dealkylation sites (tertiary alicyclic amines) is 1. The molecule has 0 saturated carbocycles. The zero-order valence-corrected chi connectivity index (χ0v) is 12.6. The molecule has 1 fully saturated rings. The molecule has 1 N–H and O–H groups in total. The van der Waals surface area contributed by atoms with E-state index in [2.05, 4.69) is 32.2 Å². The molecule has 2 aromatic heterocycles. The van der Waals surface area contributed by atoms with Crippen LogP contribution in [0.4, 0.5) is 11.8 Å². The van der Waals surface area contributed by atoms with Gasteiger partial charge in [-0.2, -0.15) is 0 Å². The molecule has 3 heterocycles. The third-order valence-corrected chi connectivity index (χ3v) is 3.87. The number of nitrogens with zero attached hydrogens (tertiary/aromatic N) is 4. The summed E-state index contributed by atoms with van der Waals surface area (Å²) in [5, 5.41) is 3.17. The molecule has 0 bridgehead atoms. The lowest BCUT2D eigenvalue weighted by molar-refractivity contribution is 0.248. The van der Waals surface area contributed by atoms with Gasteiger partial charge in [-0.15, -0.1) is 0 Å². The van der Waals surface area contributed by atoms with Crippen molar-refractivity contribution in [2.75, 3.05) is 25.5 Å². The number of anilines is 2. The maximum Gasteiger partial charge on any atom is 0.228 e. The van der Waals surface area contributed by atoms with E-state index in [1.54, 1.807) is 0 Å². The predicted octanol–water partition coefficient (Wildman–Crippen LogP) is 2.73. The minimum absolute atomic E-state index is 0.498. The summed E-state index contributed by atoms with van der Waals surface area (Å²) in [5.74, 6) is 1.90. The predicted molar refractivity (Wildman–Crippen MR) is 83.8 cm³/mol. The molecule has 0 aromatic carbocycles. The van der Waals surface area contributed by atoms with Crippen LogP contribution in [0.15, 0.2) is 30.6 Å². The van der Waals surface area contributed by atoms with Crippen LogP contribution in [0.1, 0.15) is 30.0 Å². The molecular weight excluding hydrogens is 262 g/mol. The standard InChI is InChI=1S/C16H21N5/c1-12-5-6-15(18-10-12)20-16-17-8-7-14(19-16)13-4-3-9-21(2)11-13/h5-8,10,13H,3-4,9,11H2,1-2H3,(H,17,18,19,20). The first-order valence-corrected chi connectivity index (χ1v) is 7.42. The molecule has 1 unspecified atom stereocenters. The van der Waals surface area contributed by atoms with Gasteiger partial charge in [0.25, 0.3) is 0 Å². The lowest BCUT2D eigenvalue weighted by Crippen LogP contribution is -2.31. The van der Waals surface area contributed by atoms with Crippen molar-refractivity contribution < 1.29 is 0 Å². The first kappa shape index (κ1) is 13.9. The first-order chi connectivity index (χ1) is 10.2. The van der Waals surface area contributed by atoms with Crippen molar-refractivity contribution in [2.24, 2.45) is 0 Å². The van der Waals surface area contributed by atoms with Gasteiger partial charge in [-0.1, -0.05) is 6.07 Å². The van der Waals surface area contributed by atoms with Crippen LogP contribution in [0.2, 0.25) is 0 Å². The Hall–Kier alpha value is -2.01. The molecule has 1 aliphatic rings. The number of pyridine rings is 1. The maximum absolute atomic E-state index is 4.66. The van der Waals surface area contributed by atoms with Crippen molar-refractivity contribution in [3.8, 4) is 0 Å². The highest BCUT2D eigenvalue weighted by Crippen LogP contribution is 2.25. The van der Waals surface area contributed by atoms with Crippen LogP contribution in [0.3, 0.4) is 0 Å². The number of rotatable bonds is 3. The van der Waals surface area contributed by atoms with E-state index in [1.807, 2.05) is 37.5 Å². The lowest BCUT2D eigenvalue weighted by Gasteiger charge is -2.29.